The molecule has 0 aliphatic heterocycles. The van der Waals surface area contributed by atoms with Crippen molar-refractivity contribution in [2.45, 2.75) is 39.8 Å². The lowest BCUT2D eigenvalue weighted by atomic mass is 10.1. The average Bonchev–Trinajstić information content (AvgIpc) is 3.25. The lowest BCUT2D eigenvalue weighted by Crippen LogP contribution is -2.39. The van der Waals surface area contributed by atoms with E-state index >= 15 is 0 Å². The highest BCUT2D eigenvalue weighted by molar-refractivity contribution is 5.79. The third-order valence-electron chi connectivity index (χ3n) is 4.31. The first kappa shape index (κ1) is 22.9. The van der Waals surface area contributed by atoms with Crippen molar-refractivity contribution >= 4 is 5.96 Å². The van der Waals surface area contributed by atoms with Gasteiger partial charge in [-0.15, -0.1) is 0 Å². The maximum absolute atomic E-state index is 5.60. The van der Waals surface area contributed by atoms with Crippen molar-refractivity contribution in [1.82, 2.24) is 20.4 Å². The van der Waals surface area contributed by atoms with Gasteiger partial charge in [-0.1, -0.05) is 37.6 Å². The van der Waals surface area contributed by atoms with Gasteiger partial charge in [-0.2, -0.15) is 5.10 Å². The van der Waals surface area contributed by atoms with Crippen molar-refractivity contribution in [3.8, 4) is 0 Å². The van der Waals surface area contributed by atoms with Crippen LogP contribution >= 0.6 is 0 Å². The summed E-state index contributed by atoms with van der Waals surface area (Å²) in [6, 6.07) is 10.3. The number of rotatable bonds is 14. The van der Waals surface area contributed by atoms with E-state index < -0.39 is 0 Å². The Kier molecular flexibility index (Phi) is 11.5. The van der Waals surface area contributed by atoms with Gasteiger partial charge in [0.2, 0.25) is 0 Å². The SMILES string of the molecule is CCCCOCCOCCNC(=NCc1ccccc1Cn1cccn1)NCC. The molecule has 2 N–H and O–H groups in total. The second-order valence-corrected chi connectivity index (χ2v) is 6.67. The fraction of sp³-hybridized carbons (Fsp3) is 0.545. The summed E-state index contributed by atoms with van der Waals surface area (Å²) in [7, 11) is 0. The number of ether oxygens (including phenoxy) is 2. The van der Waals surface area contributed by atoms with Crippen LogP contribution < -0.4 is 10.6 Å². The van der Waals surface area contributed by atoms with Gasteiger partial charge in [0.25, 0.3) is 0 Å². The van der Waals surface area contributed by atoms with Crippen molar-refractivity contribution in [3.63, 3.8) is 0 Å². The van der Waals surface area contributed by atoms with Crippen LogP contribution in [0.4, 0.5) is 0 Å². The summed E-state index contributed by atoms with van der Waals surface area (Å²) in [5, 5.41) is 10.9. The summed E-state index contributed by atoms with van der Waals surface area (Å²) in [5.41, 5.74) is 2.42. The molecule has 0 aliphatic rings. The predicted molar refractivity (Wildman–Crippen MR) is 117 cm³/mol. The van der Waals surface area contributed by atoms with E-state index in [-0.39, 0.29) is 0 Å². The Labute approximate surface area is 174 Å². The summed E-state index contributed by atoms with van der Waals surface area (Å²) in [4.78, 5) is 4.73. The Morgan fingerprint density at radius 1 is 1.00 bits per heavy atom. The van der Waals surface area contributed by atoms with Gasteiger partial charge >= 0.3 is 0 Å². The molecule has 2 aromatic rings. The molecule has 0 atom stereocenters. The molecular formula is C22H35N5O2. The van der Waals surface area contributed by atoms with Crippen LogP contribution in [0, 0.1) is 0 Å². The summed E-state index contributed by atoms with van der Waals surface area (Å²) >= 11 is 0. The number of aliphatic imine (C=N–C) groups is 1. The summed E-state index contributed by atoms with van der Waals surface area (Å²) < 4.78 is 13.0. The van der Waals surface area contributed by atoms with E-state index in [0.717, 1.165) is 38.5 Å². The molecule has 0 bridgehead atoms. The predicted octanol–water partition coefficient (Wildman–Crippen LogP) is 2.82. The number of nitrogens with one attached hydrogen (secondary N) is 2. The minimum atomic E-state index is 0.610. The third-order valence-corrected chi connectivity index (χ3v) is 4.31. The van der Waals surface area contributed by atoms with E-state index in [1.54, 1.807) is 6.20 Å². The highest BCUT2D eigenvalue weighted by Crippen LogP contribution is 2.11. The molecule has 1 aromatic heterocycles. The number of hydrogen-bond acceptors (Lipinski definition) is 4. The lowest BCUT2D eigenvalue weighted by molar-refractivity contribution is 0.0487. The van der Waals surface area contributed by atoms with Gasteiger partial charge in [0.1, 0.15) is 0 Å². The smallest absolute Gasteiger partial charge is 0.191 e. The molecule has 7 heteroatoms. The van der Waals surface area contributed by atoms with Crippen LogP contribution in [0.25, 0.3) is 0 Å². The molecule has 0 spiro atoms. The van der Waals surface area contributed by atoms with E-state index in [1.807, 2.05) is 23.0 Å². The second kappa shape index (κ2) is 14.6. The van der Waals surface area contributed by atoms with Crippen molar-refractivity contribution < 1.29 is 9.47 Å². The number of nitrogens with zero attached hydrogens (tertiary/aromatic N) is 3. The summed E-state index contributed by atoms with van der Waals surface area (Å²) in [5.74, 6) is 0.796. The normalized spacial score (nSPS) is 11.6. The third kappa shape index (κ3) is 9.58. The van der Waals surface area contributed by atoms with E-state index in [9.17, 15) is 0 Å². The van der Waals surface area contributed by atoms with E-state index in [2.05, 4.69) is 47.8 Å². The first-order valence-corrected chi connectivity index (χ1v) is 10.5. The molecule has 0 unspecified atom stereocenters. The van der Waals surface area contributed by atoms with Crippen molar-refractivity contribution in [1.29, 1.82) is 0 Å². The van der Waals surface area contributed by atoms with Crippen LogP contribution in [0.15, 0.2) is 47.7 Å². The molecule has 2 rings (SSSR count). The first-order chi connectivity index (χ1) is 14.3. The van der Waals surface area contributed by atoms with Gasteiger partial charge in [-0.05, 0) is 30.5 Å². The van der Waals surface area contributed by atoms with Gasteiger partial charge in [0.05, 0.1) is 32.9 Å². The van der Waals surface area contributed by atoms with Crippen LogP contribution in [0.1, 0.15) is 37.8 Å². The van der Waals surface area contributed by atoms with Crippen LogP contribution in [-0.4, -0.2) is 55.3 Å². The summed E-state index contributed by atoms with van der Waals surface area (Å²) in [6.07, 6.45) is 6.04. The van der Waals surface area contributed by atoms with E-state index in [4.69, 9.17) is 14.5 Å². The minimum Gasteiger partial charge on any atom is -0.379 e. The van der Waals surface area contributed by atoms with E-state index in [0.29, 0.717) is 32.9 Å². The molecule has 1 aromatic carbocycles. The zero-order chi connectivity index (χ0) is 20.6. The standard InChI is InChI=1S/C22H35N5O2/c1-3-5-14-28-16-17-29-15-12-24-22(23-4-2)25-18-20-9-6-7-10-21(20)19-27-13-8-11-26-27/h6-11,13H,3-5,12,14-19H2,1-2H3,(H2,23,24,25). The zero-order valence-electron chi connectivity index (χ0n) is 17.8. The number of benzene rings is 1. The molecule has 0 amide bonds. The Morgan fingerprint density at radius 3 is 2.52 bits per heavy atom. The first-order valence-electron chi connectivity index (χ1n) is 10.5. The van der Waals surface area contributed by atoms with Crippen molar-refractivity contribution in [3.05, 3.63) is 53.9 Å². The van der Waals surface area contributed by atoms with Gasteiger partial charge in [-0.25, -0.2) is 4.99 Å². The van der Waals surface area contributed by atoms with Crippen LogP contribution in [-0.2, 0) is 22.6 Å². The Morgan fingerprint density at radius 2 is 1.79 bits per heavy atom. The highest BCUT2D eigenvalue weighted by Gasteiger charge is 2.04. The van der Waals surface area contributed by atoms with Crippen LogP contribution in [0.3, 0.4) is 0 Å². The fourth-order valence-electron chi connectivity index (χ4n) is 2.75. The number of aromatic nitrogens is 2. The molecule has 0 fully saturated rings. The molecule has 29 heavy (non-hydrogen) atoms. The number of guanidine groups is 1. The molecule has 160 valence electrons. The highest BCUT2D eigenvalue weighted by atomic mass is 16.5. The number of unbranched alkanes of at least 4 members (excludes halogenated alkanes) is 1. The van der Waals surface area contributed by atoms with Gasteiger partial charge < -0.3 is 20.1 Å². The average molecular weight is 402 g/mol. The molecule has 0 saturated heterocycles. The number of hydrogen-bond donors (Lipinski definition) is 2. The monoisotopic (exact) mass is 401 g/mol. The maximum Gasteiger partial charge on any atom is 0.191 e. The largest absolute Gasteiger partial charge is 0.379 e. The fourth-order valence-corrected chi connectivity index (χ4v) is 2.75. The molecule has 7 nitrogen and oxygen atoms in total. The topological polar surface area (TPSA) is 72.7 Å². The van der Waals surface area contributed by atoms with Crippen LogP contribution in [0.2, 0.25) is 0 Å². The molecule has 0 saturated carbocycles. The van der Waals surface area contributed by atoms with Crippen LogP contribution in [0.5, 0.6) is 0 Å². The molecule has 0 radical (unpaired) electrons. The Balaban J connectivity index is 1.76. The van der Waals surface area contributed by atoms with Crippen molar-refractivity contribution in [2.24, 2.45) is 4.99 Å². The minimum absolute atomic E-state index is 0.610. The zero-order valence-corrected chi connectivity index (χ0v) is 17.8. The summed E-state index contributed by atoms with van der Waals surface area (Å²) in [6.45, 7) is 9.81. The Bertz CT molecular complexity index is 688. The lowest BCUT2D eigenvalue weighted by Gasteiger charge is -2.13. The second-order valence-electron chi connectivity index (χ2n) is 6.67. The van der Waals surface area contributed by atoms with E-state index in [1.165, 1.54) is 11.1 Å². The maximum atomic E-state index is 5.60. The molecule has 0 aliphatic carbocycles. The molecule has 1 heterocycles. The van der Waals surface area contributed by atoms with Gasteiger partial charge in [0.15, 0.2) is 5.96 Å². The quantitative estimate of drug-likeness (QED) is 0.289. The van der Waals surface area contributed by atoms with Gasteiger partial charge in [0, 0.05) is 32.1 Å². The molecular weight excluding hydrogens is 366 g/mol. The Hall–Kier alpha value is -2.38. The van der Waals surface area contributed by atoms with Crippen molar-refractivity contribution in [2.75, 3.05) is 39.5 Å². The van der Waals surface area contributed by atoms with Gasteiger partial charge in [-0.3, -0.25) is 4.68 Å².